The molecule has 6 nitrogen and oxygen atoms in total. The number of rotatable bonds is 4. The van der Waals surface area contributed by atoms with Crippen molar-refractivity contribution in [2.24, 2.45) is 0 Å². The Bertz CT molecular complexity index is 628. The van der Waals surface area contributed by atoms with Crippen molar-refractivity contribution < 1.29 is 14.6 Å². The maximum atomic E-state index is 12.6. The number of piperazine rings is 1. The molecule has 144 valence electrons. The Labute approximate surface area is 156 Å². The number of likely N-dealkylation sites (tertiary alicyclic amines) is 1. The maximum Gasteiger partial charge on any atom is 0.254 e. The molecule has 1 atom stereocenters. The summed E-state index contributed by atoms with van der Waals surface area (Å²) in [6.45, 7) is 6.54. The molecule has 0 aromatic heterocycles. The Morgan fingerprint density at radius 3 is 2.58 bits per heavy atom. The van der Waals surface area contributed by atoms with E-state index >= 15 is 0 Å². The second-order valence-corrected chi connectivity index (χ2v) is 7.80. The van der Waals surface area contributed by atoms with Crippen molar-refractivity contribution in [2.75, 3.05) is 53.4 Å². The zero-order chi connectivity index (χ0) is 18.7. The minimum atomic E-state index is -1.12. The van der Waals surface area contributed by atoms with Crippen molar-refractivity contribution in [3.05, 3.63) is 29.8 Å². The van der Waals surface area contributed by atoms with Gasteiger partial charge in [0.2, 0.25) is 0 Å². The van der Waals surface area contributed by atoms with Gasteiger partial charge in [-0.15, -0.1) is 0 Å². The Balaban J connectivity index is 1.52. The Morgan fingerprint density at radius 2 is 1.88 bits per heavy atom. The van der Waals surface area contributed by atoms with E-state index in [0.717, 1.165) is 38.0 Å². The van der Waals surface area contributed by atoms with Crippen LogP contribution in [-0.4, -0.2) is 90.8 Å². The second-order valence-electron chi connectivity index (χ2n) is 7.80. The van der Waals surface area contributed by atoms with E-state index in [1.165, 1.54) is 0 Å². The molecule has 2 fully saturated rings. The van der Waals surface area contributed by atoms with Gasteiger partial charge in [0.25, 0.3) is 5.91 Å². The van der Waals surface area contributed by atoms with Crippen LogP contribution in [0.2, 0.25) is 0 Å². The predicted octanol–water partition coefficient (Wildman–Crippen LogP) is 0.973. The highest BCUT2D eigenvalue weighted by Gasteiger charge is 2.42. The Hall–Kier alpha value is -1.63. The Kier molecular flexibility index (Phi) is 5.85. The number of likely N-dealkylation sites (N-methyl/N-ethyl adjacent to an activating group) is 2. The van der Waals surface area contributed by atoms with Crippen molar-refractivity contribution in [3.8, 4) is 5.75 Å². The number of nitrogens with zero attached hydrogens (tertiary/aromatic N) is 3. The van der Waals surface area contributed by atoms with Crippen LogP contribution in [0, 0.1) is 6.92 Å². The standard InChI is InChI=1S/C20H31N3O3/c1-16-6-4-5-7-18(16)26-14-17(24)19(25)23-10-8-20(9-11-23)15-21(2)12-13-22(20)3/h4-7,17,24H,8-15H2,1-3H3/t17-/m1/s1. The molecule has 2 heterocycles. The van der Waals surface area contributed by atoms with Crippen LogP contribution >= 0.6 is 0 Å². The normalized spacial score (nSPS) is 22.4. The summed E-state index contributed by atoms with van der Waals surface area (Å²) in [4.78, 5) is 19.2. The van der Waals surface area contributed by atoms with Gasteiger partial charge >= 0.3 is 0 Å². The lowest BCUT2D eigenvalue weighted by atomic mass is 9.83. The van der Waals surface area contributed by atoms with Crippen LogP contribution in [0.3, 0.4) is 0 Å². The van der Waals surface area contributed by atoms with Gasteiger partial charge in [-0.2, -0.15) is 0 Å². The van der Waals surface area contributed by atoms with Crippen LogP contribution in [0.5, 0.6) is 5.75 Å². The number of aliphatic hydroxyl groups excluding tert-OH is 1. The summed E-state index contributed by atoms with van der Waals surface area (Å²) in [5.41, 5.74) is 1.16. The molecule has 6 heteroatoms. The molecular formula is C20H31N3O3. The van der Waals surface area contributed by atoms with Gasteiger partial charge in [0.15, 0.2) is 6.10 Å². The molecule has 0 unspecified atom stereocenters. The van der Waals surface area contributed by atoms with Gasteiger partial charge in [0.1, 0.15) is 12.4 Å². The molecule has 2 saturated heterocycles. The van der Waals surface area contributed by atoms with Gasteiger partial charge in [-0.25, -0.2) is 0 Å². The molecule has 2 aliphatic rings. The van der Waals surface area contributed by atoms with Crippen LogP contribution in [0.1, 0.15) is 18.4 Å². The van der Waals surface area contributed by atoms with E-state index in [9.17, 15) is 9.90 Å². The number of aryl methyl sites for hydroxylation is 1. The topological polar surface area (TPSA) is 56.3 Å². The highest BCUT2D eigenvalue weighted by molar-refractivity contribution is 5.81. The lowest BCUT2D eigenvalue weighted by Crippen LogP contribution is -2.64. The number of para-hydroxylation sites is 1. The van der Waals surface area contributed by atoms with Gasteiger partial charge in [0.05, 0.1) is 0 Å². The molecular weight excluding hydrogens is 330 g/mol. The molecule has 0 saturated carbocycles. The summed E-state index contributed by atoms with van der Waals surface area (Å²) >= 11 is 0. The number of hydrogen-bond donors (Lipinski definition) is 1. The highest BCUT2D eigenvalue weighted by Crippen LogP contribution is 2.31. The van der Waals surface area contributed by atoms with E-state index in [4.69, 9.17) is 4.74 Å². The van der Waals surface area contributed by atoms with Crippen LogP contribution in [0.15, 0.2) is 24.3 Å². The van der Waals surface area contributed by atoms with E-state index in [0.29, 0.717) is 18.8 Å². The fraction of sp³-hybridized carbons (Fsp3) is 0.650. The quantitative estimate of drug-likeness (QED) is 0.866. The molecule has 2 aliphatic heterocycles. The number of benzene rings is 1. The average Bonchev–Trinajstić information content (AvgIpc) is 2.64. The molecule has 0 radical (unpaired) electrons. The van der Waals surface area contributed by atoms with E-state index < -0.39 is 6.10 Å². The number of amides is 1. The average molecular weight is 361 g/mol. The molecule has 1 aromatic rings. The number of hydrogen-bond acceptors (Lipinski definition) is 5. The first-order chi connectivity index (χ1) is 12.4. The summed E-state index contributed by atoms with van der Waals surface area (Å²) in [6, 6.07) is 7.63. The first-order valence-corrected chi connectivity index (χ1v) is 9.46. The third-order valence-corrected chi connectivity index (χ3v) is 5.97. The lowest BCUT2D eigenvalue weighted by Gasteiger charge is -2.52. The van der Waals surface area contributed by atoms with Crippen molar-refractivity contribution in [1.29, 1.82) is 0 Å². The SMILES string of the molecule is Cc1ccccc1OC[C@@H](O)C(=O)N1CCC2(CC1)CN(C)CCN2C. The van der Waals surface area contributed by atoms with E-state index in [2.05, 4.69) is 23.9 Å². The smallest absolute Gasteiger partial charge is 0.254 e. The minimum Gasteiger partial charge on any atom is -0.490 e. The van der Waals surface area contributed by atoms with Gasteiger partial charge in [0, 0.05) is 38.3 Å². The monoisotopic (exact) mass is 361 g/mol. The van der Waals surface area contributed by atoms with Crippen molar-refractivity contribution >= 4 is 5.91 Å². The van der Waals surface area contributed by atoms with E-state index in [-0.39, 0.29) is 18.1 Å². The minimum absolute atomic E-state index is 0.00598. The van der Waals surface area contributed by atoms with Gasteiger partial charge in [-0.05, 0) is 45.5 Å². The lowest BCUT2D eigenvalue weighted by molar-refractivity contribution is -0.145. The molecule has 1 aromatic carbocycles. The van der Waals surface area contributed by atoms with Crippen molar-refractivity contribution in [1.82, 2.24) is 14.7 Å². The third-order valence-electron chi connectivity index (χ3n) is 5.97. The molecule has 0 bridgehead atoms. The largest absolute Gasteiger partial charge is 0.490 e. The summed E-state index contributed by atoms with van der Waals surface area (Å²) in [5, 5.41) is 10.3. The van der Waals surface area contributed by atoms with Gasteiger partial charge in [-0.3, -0.25) is 9.69 Å². The molecule has 0 aliphatic carbocycles. The number of piperidine rings is 1. The summed E-state index contributed by atoms with van der Waals surface area (Å²) < 4.78 is 5.64. The van der Waals surface area contributed by atoms with Crippen LogP contribution in [0.25, 0.3) is 0 Å². The predicted molar refractivity (Wildman–Crippen MR) is 101 cm³/mol. The van der Waals surface area contributed by atoms with Crippen molar-refractivity contribution in [2.45, 2.75) is 31.4 Å². The summed E-state index contributed by atoms with van der Waals surface area (Å²) in [6.07, 6.45) is 0.783. The van der Waals surface area contributed by atoms with Gasteiger partial charge < -0.3 is 19.6 Å². The summed E-state index contributed by atoms with van der Waals surface area (Å²) in [7, 11) is 4.36. The first kappa shape index (κ1) is 19.1. The van der Waals surface area contributed by atoms with Crippen LogP contribution in [0.4, 0.5) is 0 Å². The maximum absolute atomic E-state index is 12.6. The van der Waals surface area contributed by atoms with Crippen molar-refractivity contribution in [3.63, 3.8) is 0 Å². The zero-order valence-corrected chi connectivity index (χ0v) is 16.1. The summed E-state index contributed by atoms with van der Waals surface area (Å²) in [5.74, 6) is 0.490. The number of ether oxygens (including phenoxy) is 1. The number of aliphatic hydroxyl groups is 1. The number of carbonyl (C=O) groups excluding carboxylic acids is 1. The van der Waals surface area contributed by atoms with E-state index in [1.54, 1.807) is 4.90 Å². The highest BCUT2D eigenvalue weighted by atomic mass is 16.5. The fourth-order valence-electron chi connectivity index (χ4n) is 4.11. The second kappa shape index (κ2) is 7.94. The number of carbonyl (C=O) groups is 1. The molecule has 26 heavy (non-hydrogen) atoms. The molecule has 1 spiro atoms. The molecule has 1 N–H and O–H groups in total. The Morgan fingerprint density at radius 1 is 1.19 bits per heavy atom. The van der Waals surface area contributed by atoms with Crippen LogP contribution < -0.4 is 4.74 Å². The van der Waals surface area contributed by atoms with Crippen LogP contribution in [-0.2, 0) is 4.79 Å². The third kappa shape index (κ3) is 4.03. The molecule has 1 amide bonds. The zero-order valence-electron chi connectivity index (χ0n) is 16.1. The van der Waals surface area contributed by atoms with Gasteiger partial charge in [-0.1, -0.05) is 18.2 Å². The fourth-order valence-corrected chi connectivity index (χ4v) is 4.11. The first-order valence-electron chi connectivity index (χ1n) is 9.46. The van der Waals surface area contributed by atoms with E-state index in [1.807, 2.05) is 31.2 Å². The molecule has 3 rings (SSSR count).